The first-order valence-electron chi connectivity index (χ1n) is 6.47. The summed E-state index contributed by atoms with van der Waals surface area (Å²) < 4.78 is 0. The zero-order valence-corrected chi connectivity index (χ0v) is 17.7. The summed E-state index contributed by atoms with van der Waals surface area (Å²) >= 11 is 1.80. The SMILES string of the molecule is CC(C)[Si](=[Zr+2])C(C)C.[Cl-].[Cl-].c1cc[cH-]c1.c1cc[cH-]c1. The third-order valence-electron chi connectivity index (χ3n) is 2.36. The zero-order chi connectivity index (χ0) is 13.8. The molecule has 0 bridgehead atoms. The van der Waals surface area contributed by atoms with E-state index >= 15 is 0 Å². The van der Waals surface area contributed by atoms with E-state index in [9.17, 15) is 0 Å². The summed E-state index contributed by atoms with van der Waals surface area (Å²) in [7, 11) is 0. The largest absolute Gasteiger partial charge is 1.00 e. The molecule has 2 aromatic rings. The van der Waals surface area contributed by atoms with Gasteiger partial charge in [0.25, 0.3) is 0 Å². The first-order chi connectivity index (χ1) is 8.55. The smallest absolute Gasteiger partial charge is 0.172 e. The summed E-state index contributed by atoms with van der Waals surface area (Å²) in [6, 6.07) is 20.0. The zero-order valence-electron chi connectivity index (χ0n) is 12.7. The Kier molecular flexibility index (Phi) is 22.1. The number of halogens is 2. The van der Waals surface area contributed by atoms with E-state index in [0.29, 0.717) is 0 Å². The molecule has 0 N–H and O–H groups in total. The molecule has 0 saturated heterocycles. The van der Waals surface area contributed by atoms with E-state index in [-0.39, 0.29) is 30.2 Å². The van der Waals surface area contributed by atoms with E-state index in [4.69, 9.17) is 0 Å². The van der Waals surface area contributed by atoms with Gasteiger partial charge in [0, 0.05) is 0 Å². The maximum absolute atomic E-state index is 2.35. The van der Waals surface area contributed by atoms with Crippen LogP contribution in [0.2, 0.25) is 11.1 Å². The average Bonchev–Trinajstić information content (AvgIpc) is 3.05. The van der Waals surface area contributed by atoms with E-state index in [1.54, 1.807) is 23.3 Å². The normalized spacial score (nSPS) is 8.40. The molecule has 0 atom stereocenters. The molecule has 0 saturated carbocycles. The van der Waals surface area contributed by atoms with Crippen molar-refractivity contribution in [3.63, 3.8) is 0 Å². The van der Waals surface area contributed by atoms with Gasteiger partial charge in [0.15, 0.2) is 0 Å². The fraction of sp³-hybridized carbons (Fsp3) is 0.375. The molecule has 0 fully saturated rings. The third kappa shape index (κ3) is 16.4. The molecule has 0 amide bonds. The molecule has 4 heteroatoms. The predicted octanol–water partition coefficient (Wildman–Crippen LogP) is -0.836. The minimum atomic E-state index is 0. The summed E-state index contributed by atoms with van der Waals surface area (Å²) in [6.07, 6.45) is 0. The molecule has 0 aliphatic rings. The minimum absolute atomic E-state index is 0. The topological polar surface area (TPSA) is 0 Å². The molecule has 2 aromatic carbocycles. The molecule has 0 unspecified atom stereocenters. The second kappa shape index (κ2) is 17.4. The van der Waals surface area contributed by atoms with Gasteiger partial charge in [-0.05, 0) is 0 Å². The van der Waals surface area contributed by atoms with Crippen LogP contribution in [0.5, 0.6) is 0 Å². The quantitative estimate of drug-likeness (QED) is 0.451. The van der Waals surface area contributed by atoms with Crippen LogP contribution in [0.1, 0.15) is 27.7 Å². The molecule has 0 radical (unpaired) electrons. The first kappa shape index (κ1) is 25.3. The van der Waals surface area contributed by atoms with E-state index in [1.807, 2.05) is 60.7 Å². The molecule has 20 heavy (non-hydrogen) atoms. The van der Waals surface area contributed by atoms with Crippen molar-refractivity contribution in [3.8, 4) is 0 Å². The van der Waals surface area contributed by atoms with Gasteiger partial charge in [-0.3, -0.25) is 0 Å². The van der Waals surface area contributed by atoms with E-state index < -0.39 is 0 Å². The summed E-state index contributed by atoms with van der Waals surface area (Å²) in [4.78, 5) is 0. The predicted molar refractivity (Wildman–Crippen MR) is 80.0 cm³/mol. The van der Waals surface area contributed by atoms with Gasteiger partial charge in [0.05, 0.1) is 0 Å². The molecule has 0 nitrogen and oxygen atoms in total. The van der Waals surface area contributed by atoms with Crippen molar-refractivity contribution in [2.24, 2.45) is 0 Å². The molecule has 2 rings (SSSR count). The summed E-state index contributed by atoms with van der Waals surface area (Å²) in [5.74, 6) is 0. The van der Waals surface area contributed by atoms with Gasteiger partial charge in [-0.25, -0.2) is 24.3 Å². The van der Waals surface area contributed by atoms with Crippen LogP contribution in [0.3, 0.4) is 0 Å². The van der Waals surface area contributed by atoms with Crippen LogP contribution in [0, 0.1) is 0 Å². The van der Waals surface area contributed by atoms with Crippen molar-refractivity contribution in [2.75, 3.05) is 0 Å². The van der Waals surface area contributed by atoms with Crippen molar-refractivity contribution in [1.82, 2.24) is 0 Å². The minimum Gasteiger partial charge on any atom is -1.00 e. The van der Waals surface area contributed by atoms with Gasteiger partial charge in [-0.15, -0.1) is 0 Å². The van der Waals surface area contributed by atoms with Crippen molar-refractivity contribution in [3.05, 3.63) is 60.7 Å². The Morgan fingerprint density at radius 2 is 0.950 bits per heavy atom. The molecule has 0 aromatic heterocycles. The first-order valence-corrected chi connectivity index (χ1v) is 11.8. The van der Waals surface area contributed by atoms with Gasteiger partial charge in [-0.2, -0.15) is 36.4 Å². The van der Waals surface area contributed by atoms with Crippen LogP contribution in [-0.4, -0.2) is 5.43 Å². The van der Waals surface area contributed by atoms with Crippen LogP contribution < -0.4 is 24.8 Å². The number of hydrogen-bond acceptors (Lipinski definition) is 0. The van der Waals surface area contributed by atoms with Gasteiger partial charge >= 0.3 is 67.5 Å². The van der Waals surface area contributed by atoms with Crippen LogP contribution in [0.4, 0.5) is 0 Å². The van der Waals surface area contributed by atoms with Crippen LogP contribution in [0.15, 0.2) is 60.7 Å². The Hall–Kier alpha value is 0.380. The van der Waals surface area contributed by atoms with Crippen molar-refractivity contribution < 1.29 is 48.1 Å². The van der Waals surface area contributed by atoms with Crippen molar-refractivity contribution in [2.45, 2.75) is 38.8 Å². The number of hydrogen-bond donors (Lipinski definition) is 0. The maximum Gasteiger partial charge on any atom is -0.172 e. The molecule has 0 spiro atoms. The second-order valence-electron chi connectivity index (χ2n) is 4.69. The average molecular weight is 407 g/mol. The monoisotopic (exact) mass is 404 g/mol. The third-order valence-corrected chi connectivity index (χ3v) is 13.4. The van der Waals surface area contributed by atoms with Gasteiger partial charge in [0.2, 0.25) is 0 Å². The van der Waals surface area contributed by atoms with E-state index in [0.717, 1.165) is 11.1 Å². The summed E-state index contributed by atoms with van der Waals surface area (Å²) in [6.45, 7) is 9.40. The summed E-state index contributed by atoms with van der Waals surface area (Å²) in [5, 5.41) is 0. The Labute approximate surface area is 152 Å². The van der Waals surface area contributed by atoms with Crippen LogP contribution in [-0.2, 0) is 23.3 Å². The van der Waals surface area contributed by atoms with Crippen LogP contribution >= 0.6 is 0 Å². The molecule has 0 aliphatic heterocycles. The molecule has 112 valence electrons. The Balaban J connectivity index is -0.000000212. The van der Waals surface area contributed by atoms with Crippen molar-refractivity contribution in [1.29, 1.82) is 0 Å². The molecular formula is C16H24Cl2SiZr-2. The Morgan fingerprint density at radius 1 is 0.700 bits per heavy atom. The number of rotatable bonds is 2. The molecule has 0 aliphatic carbocycles. The van der Waals surface area contributed by atoms with E-state index in [1.165, 1.54) is 0 Å². The van der Waals surface area contributed by atoms with Crippen molar-refractivity contribution >= 4 is 5.43 Å². The maximum atomic E-state index is 2.35. The van der Waals surface area contributed by atoms with Gasteiger partial charge in [-0.1, -0.05) is 0 Å². The van der Waals surface area contributed by atoms with Crippen LogP contribution in [0.25, 0.3) is 0 Å². The summed E-state index contributed by atoms with van der Waals surface area (Å²) in [5.41, 5.74) is 2.04. The fourth-order valence-electron chi connectivity index (χ4n) is 1.31. The van der Waals surface area contributed by atoms with Gasteiger partial charge < -0.3 is 24.8 Å². The molecular weight excluding hydrogens is 382 g/mol. The standard InChI is InChI=1S/C6H14Si.2C5H5.2ClH.Zr/c1-5(2)7-6(3)4;2*1-2-4-5-3-1;;;/h5-6H,1-4H3;2*1-5H;2*1H;/q;2*-1;;;+2/p-2. The molecule has 0 heterocycles. The van der Waals surface area contributed by atoms with Gasteiger partial charge in [0.1, 0.15) is 0 Å². The Morgan fingerprint density at radius 3 is 1.00 bits per heavy atom. The van der Waals surface area contributed by atoms with E-state index in [2.05, 4.69) is 27.7 Å². The second-order valence-corrected chi connectivity index (χ2v) is 12.2. The fourth-order valence-corrected chi connectivity index (χ4v) is 2.64. The Bertz CT molecular complexity index is 296.